The van der Waals surface area contributed by atoms with Gasteiger partial charge in [0.25, 0.3) is 0 Å². The van der Waals surface area contributed by atoms with Crippen molar-refractivity contribution in [2.75, 3.05) is 12.3 Å². The lowest BCUT2D eigenvalue weighted by Crippen LogP contribution is -2.35. The molecule has 0 bridgehead atoms. The SMILES string of the molecule is CCCS(=O)(=O)NCC1CCCCC1Br. The predicted molar refractivity (Wildman–Crippen MR) is 66.8 cm³/mol. The molecule has 0 aromatic carbocycles. The third kappa shape index (κ3) is 4.83. The van der Waals surface area contributed by atoms with Crippen molar-refractivity contribution in [1.82, 2.24) is 4.72 Å². The Bertz CT molecular complexity index is 279. The third-order valence-corrected chi connectivity index (χ3v) is 5.61. The molecule has 1 saturated carbocycles. The van der Waals surface area contributed by atoms with Gasteiger partial charge in [0.2, 0.25) is 10.0 Å². The zero-order valence-electron chi connectivity index (χ0n) is 9.21. The van der Waals surface area contributed by atoms with Crippen molar-refractivity contribution in [3.8, 4) is 0 Å². The highest BCUT2D eigenvalue weighted by molar-refractivity contribution is 9.09. The summed E-state index contributed by atoms with van der Waals surface area (Å²) >= 11 is 3.63. The summed E-state index contributed by atoms with van der Waals surface area (Å²) < 4.78 is 25.6. The topological polar surface area (TPSA) is 46.2 Å². The van der Waals surface area contributed by atoms with Gasteiger partial charge in [-0.1, -0.05) is 35.7 Å². The average Bonchev–Trinajstić information content (AvgIpc) is 2.16. The predicted octanol–water partition coefficient (Wildman–Crippen LogP) is 2.27. The van der Waals surface area contributed by atoms with Gasteiger partial charge in [0.05, 0.1) is 5.75 Å². The second-order valence-corrected chi connectivity index (χ2v) is 7.33. The fourth-order valence-corrected chi connectivity index (χ4v) is 3.89. The van der Waals surface area contributed by atoms with Crippen LogP contribution in [0.4, 0.5) is 0 Å². The molecule has 3 nitrogen and oxygen atoms in total. The van der Waals surface area contributed by atoms with Gasteiger partial charge < -0.3 is 0 Å². The van der Waals surface area contributed by atoms with Gasteiger partial charge in [-0.25, -0.2) is 13.1 Å². The zero-order valence-corrected chi connectivity index (χ0v) is 11.6. The minimum absolute atomic E-state index is 0.243. The summed E-state index contributed by atoms with van der Waals surface area (Å²) in [6.07, 6.45) is 5.46. The minimum Gasteiger partial charge on any atom is -0.215 e. The second-order valence-electron chi connectivity index (χ2n) is 4.23. The molecule has 1 aliphatic carbocycles. The van der Waals surface area contributed by atoms with Crippen molar-refractivity contribution >= 4 is 26.0 Å². The number of sulfonamides is 1. The number of halogens is 1. The van der Waals surface area contributed by atoms with Gasteiger partial charge in [-0.2, -0.15) is 0 Å². The first-order chi connectivity index (χ1) is 7.05. The maximum absolute atomic E-state index is 11.5. The first kappa shape index (κ1) is 13.5. The van der Waals surface area contributed by atoms with Crippen molar-refractivity contribution < 1.29 is 8.42 Å². The van der Waals surface area contributed by atoms with E-state index in [9.17, 15) is 8.42 Å². The number of hydrogen-bond donors (Lipinski definition) is 1. The van der Waals surface area contributed by atoms with Crippen LogP contribution in [0.2, 0.25) is 0 Å². The molecule has 1 rings (SSSR count). The molecule has 1 aliphatic rings. The van der Waals surface area contributed by atoms with Gasteiger partial charge in [-0.05, 0) is 25.2 Å². The van der Waals surface area contributed by atoms with E-state index in [1.807, 2.05) is 6.92 Å². The fourth-order valence-electron chi connectivity index (χ4n) is 1.97. The van der Waals surface area contributed by atoms with Gasteiger partial charge in [-0.15, -0.1) is 0 Å². The summed E-state index contributed by atoms with van der Waals surface area (Å²) in [6, 6.07) is 0. The molecule has 5 heteroatoms. The summed E-state index contributed by atoms with van der Waals surface area (Å²) in [4.78, 5) is 0.482. The highest BCUT2D eigenvalue weighted by atomic mass is 79.9. The van der Waals surface area contributed by atoms with Gasteiger partial charge in [0.15, 0.2) is 0 Å². The van der Waals surface area contributed by atoms with E-state index in [2.05, 4.69) is 20.7 Å². The molecule has 1 N–H and O–H groups in total. The lowest BCUT2D eigenvalue weighted by molar-refractivity contribution is 0.373. The molecule has 15 heavy (non-hydrogen) atoms. The molecule has 0 aromatic rings. The van der Waals surface area contributed by atoms with E-state index < -0.39 is 10.0 Å². The molecular formula is C10H20BrNO2S. The first-order valence-corrected chi connectivity index (χ1v) is 8.23. The summed E-state index contributed by atoms with van der Waals surface area (Å²) in [5, 5.41) is 0. The fraction of sp³-hybridized carbons (Fsp3) is 1.00. The summed E-state index contributed by atoms with van der Waals surface area (Å²) in [5.74, 6) is 0.706. The lowest BCUT2D eigenvalue weighted by Gasteiger charge is -2.27. The average molecular weight is 298 g/mol. The molecule has 0 heterocycles. The maximum Gasteiger partial charge on any atom is 0.211 e. The third-order valence-electron chi connectivity index (χ3n) is 2.85. The van der Waals surface area contributed by atoms with Crippen LogP contribution in [0, 0.1) is 5.92 Å². The van der Waals surface area contributed by atoms with Gasteiger partial charge in [0.1, 0.15) is 0 Å². The van der Waals surface area contributed by atoms with Crippen molar-refractivity contribution in [2.24, 2.45) is 5.92 Å². The molecule has 1 fully saturated rings. The first-order valence-electron chi connectivity index (χ1n) is 5.66. The Hall–Kier alpha value is 0.390. The molecule has 0 amide bonds. The van der Waals surface area contributed by atoms with Gasteiger partial charge >= 0.3 is 0 Å². The molecule has 0 aliphatic heterocycles. The maximum atomic E-state index is 11.5. The summed E-state index contributed by atoms with van der Waals surface area (Å²) in [6.45, 7) is 2.48. The van der Waals surface area contributed by atoms with E-state index in [1.54, 1.807) is 0 Å². The Kier molecular flexibility index (Phi) is 5.57. The van der Waals surface area contributed by atoms with E-state index in [4.69, 9.17) is 0 Å². The van der Waals surface area contributed by atoms with Crippen molar-refractivity contribution in [3.05, 3.63) is 0 Å². The number of hydrogen-bond acceptors (Lipinski definition) is 2. The molecule has 2 atom stereocenters. The smallest absolute Gasteiger partial charge is 0.211 e. The van der Waals surface area contributed by atoms with Crippen molar-refractivity contribution in [1.29, 1.82) is 0 Å². The van der Waals surface area contributed by atoms with Crippen LogP contribution >= 0.6 is 15.9 Å². The van der Waals surface area contributed by atoms with E-state index >= 15 is 0 Å². The van der Waals surface area contributed by atoms with Crippen LogP contribution in [-0.2, 0) is 10.0 Å². The van der Waals surface area contributed by atoms with Crippen LogP contribution < -0.4 is 4.72 Å². The number of nitrogens with one attached hydrogen (secondary N) is 1. The largest absolute Gasteiger partial charge is 0.215 e. The van der Waals surface area contributed by atoms with Crippen LogP contribution in [0.3, 0.4) is 0 Å². The monoisotopic (exact) mass is 297 g/mol. The zero-order chi connectivity index (χ0) is 11.3. The molecule has 0 aromatic heterocycles. The quantitative estimate of drug-likeness (QED) is 0.791. The number of alkyl halides is 1. The van der Waals surface area contributed by atoms with Crippen LogP contribution in [-0.4, -0.2) is 25.5 Å². The Morgan fingerprint density at radius 3 is 2.60 bits per heavy atom. The molecule has 90 valence electrons. The van der Waals surface area contributed by atoms with Crippen LogP contribution in [0.15, 0.2) is 0 Å². The normalized spacial score (nSPS) is 27.9. The van der Waals surface area contributed by atoms with E-state index in [0.717, 1.165) is 6.42 Å². The van der Waals surface area contributed by atoms with Crippen molar-refractivity contribution in [3.63, 3.8) is 0 Å². The summed E-state index contributed by atoms with van der Waals surface area (Å²) in [5.41, 5.74) is 0. The van der Waals surface area contributed by atoms with Gasteiger partial charge in [0, 0.05) is 11.4 Å². The minimum atomic E-state index is -3.03. The highest BCUT2D eigenvalue weighted by Crippen LogP contribution is 2.29. The second kappa shape index (κ2) is 6.21. The Balaban J connectivity index is 2.35. The van der Waals surface area contributed by atoms with Crippen LogP contribution in [0.25, 0.3) is 0 Å². The molecule has 0 saturated heterocycles. The standard InChI is InChI=1S/C10H20BrNO2S/c1-2-7-15(13,14)12-8-9-5-3-4-6-10(9)11/h9-10,12H,2-8H2,1H3. The van der Waals surface area contributed by atoms with Gasteiger partial charge in [-0.3, -0.25) is 0 Å². The van der Waals surface area contributed by atoms with Crippen molar-refractivity contribution in [2.45, 2.75) is 43.9 Å². The lowest BCUT2D eigenvalue weighted by atomic mass is 9.89. The molecule has 0 spiro atoms. The molecular weight excluding hydrogens is 278 g/mol. The Labute approximate surface area is 101 Å². The highest BCUT2D eigenvalue weighted by Gasteiger charge is 2.23. The molecule has 0 radical (unpaired) electrons. The van der Waals surface area contributed by atoms with E-state index in [1.165, 1.54) is 19.3 Å². The Morgan fingerprint density at radius 1 is 1.33 bits per heavy atom. The molecule has 2 unspecified atom stereocenters. The Morgan fingerprint density at radius 2 is 2.00 bits per heavy atom. The van der Waals surface area contributed by atoms with E-state index in [-0.39, 0.29) is 5.75 Å². The summed E-state index contributed by atoms with van der Waals surface area (Å²) in [7, 11) is -3.03. The number of rotatable bonds is 5. The van der Waals surface area contributed by atoms with Crippen LogP contribution in [0.5, 0.6) is 0 Å². The van der Waals surface area contributed by atoms with Crippen LogP contribution in [0.1, 0.15) is 39.0 Å². The van der Waals surface area contributed by atoms with E-state index in [0.29, 0.717) is 23.7 Å².